The van der Waals surface area contributed by atoms with E-state index in [2.05, 4.69) is 59.9 Å². The third-order valence-electron chi connectivity index (χ3n) is 13.3. The molecule has 1 N–H and O–H groups in total. The number of Topliss-reactive ketones (excluding diaryl/α,β-unsaturated/α-hetero) is 1. The monoisotopic (exact) mass is 511 g/mol. The van der Waals surface area contributed by atoms with Gasteiger partial charge in [-0.05, 0) is 109 Å². The van der Waals surface area contributed by atoms with Crippen molar-refractivity contribution in [3.05, 3.63) is 11.6 Å². The van der Waals surface area contributed by atoms with Gasteiger partial charge in [0.05, 0.1) is 10.7 Å². The number of nitrogens with zero attached hydrogens (tertiary/aromatic N) is 1. The van der Waals surface area contributed by atoms with Gasteiger partial charge in [-0.3, -0.25) is 9.59 Å². The summed E-state index contributed by atoms with van der Waals surface area (Å²) in [6.45, 7) is 16.3. The SMILES string of the molecule is C[C@H]1[C@H](C)CC[C@]2(C(=O)O)CC[C@]3(C)C(=CC[C@@H]4[C@@]5(C)CC(SC#N)C(=O)C(C)(C)[C@@H]5CC[C@]43C)[C@H]12. The van der Waals surface area contributed by atoms with Crippen molar-refractivity contribution in [1.29, 1.82) is 5.26 Å². The smallest absolute Gasteiger partial charge is 0.310 e. The number of hydrogen-bond donors (Lipinski definition) is 1. The van der Waals surface area contributed by atoms with Crippen LogP contribution in [0.1, 0.15) is 99.8 Å². The van der Waals surface area contributed by atoms with E-state index in [4.69, 9.17) is 0 Å². The minimum Gasteiger partial charge on any atom is -0.481 e. The first-order valence-corrected chi connectivity index (χ1v) is 15.1. The van der Waals surface area contributed by atoms with E-state index in [0.717, 1.165) is 51.4 Å². The van der Waals surface area contributed by atoms with Crippen LogP contribution in [0, 0.1) is 67.3 Å². The second-order valence-corrected chi connectivity index (χ2v) is 15.6. The lowest BCUT2D eigenvalue weighted by Crippen LogP contribution is -2.66. The van der Waals surface area contributed by atoms with Crippen molar-refractivity contribution >= 4 is 23.5 Å². The summed E-state index contributed by atoms with van der Waals surface area (Å²) in [7, 11) is 0. The molecule has 4 saturated carbocycles. The van der Waals surface area contributed by atoms with Gasteiger partial charge >= 0.3 is 5.97 Å². The molecule has 0 saturated heterocycles. The topological polar surface area (TPSA) is 78.2 Å². The fourth-order valence-corrected chi connectivity index (χ4v) is 11.9. The van der Waals surface area contributed by atoms with E-state index >= 15 is 0 Å². The van der Waals surface area contributed by atoms with E-state index in [-0.39, 0.29) is 33.2 Å². The zero-order chi connectivity index (χ0) is 26.5. The van der Waals surface area contributed by atoms with E-state index in [1.54, 1.807) is 0 Å². The Kier molecular flexibility index (Phi) is 5.93. The third kappa shape index (κ3) is 3.06. The van der Waals surface area contributed by atoms with Crippen molar-refractivity contribution in [2.45, 2.75) is 105 Å². The lowest BCUT2D eigenvalue weighted by Gasteiger charge is -2.71. The van der Waals surface area contributed by atoms with Gasteiger partial charge in [0.1, 0.15) is 5.40 Å². The fraction of sp³-hybridized carbons (Fsp3) is 0.839. The molecule has 0 aliphatic heterocycles. The minimum atomic E-state index is -0.616. The number of carboxylic acid groups (broad SMARTS) is 1. The molecule has 10 atom stereocenters. The quantitative estimate of drug-likeness (QED) is 0.307. The minimum absolute atomic E-state index is 0.0171. The fourth-order valence-electron chi connectivity index (χ4n) is 10.9. The molecule has 1 unspecified atom stereocenters. The number of nitriles is 1. The van der Waals surface area contributed by atoms with E-state index in [1.165, 1.54) is 17.3 Å². The summed E-state index contributed by atoms with van der Waals surface area (Å²) in [4.78, 5) is 26.3. The van der Waals surface area contributed by atoms with Crippen LogP contribution in [0.3, 0.4) is 0 Å². The number of carbonyl (C=O) groups excluding carboxylic acids is 1. The maximum absolute atomic E-state index is 13.4. The van der Waals surface area contributed by atoms with Crippen LogP contribution in [0.15, 0.2) is 11.6 Å². The molecule has 0 amide bonds. The molecule has 5 aliphatic carbocycles. The van der Waals surface area contributed by atoms with Crippen LogP contribution in [-0.4, -0.2) is 22.1 Å². The molecule has 0 aromatic rings. The summed E-state index contributed by atoms with van der Waals surface area (Å²) in [5, 5.41) is 22.0. The first-order chi connectivity index (χ1) is 16.7. The maximum atomic E-state index is 13.4. The molecular formula is C31H45NO3S. The number of thioether (sulfide) groups is 1. The van der Waals surface area contributed by atoms with Gasteiger partial charge in [0.25, 0.3) is 0 Å². The summed E-state index contributed by atoms with van der Waals surface area (Å²) < 4.78 is 0. The van der Waals surface area contributed by atoms with Crippen molar-refractivity contribution < 1.29 is 14.7 Å². The summed E-state index contributed by atoms with van der Waals surface area (Å²) in [5.74, 6) is 1.45. The largest absolute Gasteiger partial charge is 0.481 e. The summed E-state index contributed by atoms with van der Waals surface area (Å²) in [5.41, 5.74) is 0.428. The van der Waals surface area contributed by atoms with Gasteiger partial charge in [0.2, 0.25) is 0 Å². The van der Waals surface area contributed by atoms with Crippen LogP contribution >= 0.6 is 11.8 Å². The molecule has 0 heterocycles. The van der Waals surface area contributed by atoms with Crippen LogP contribution in [-0.2, 0) is 9.59 Å². The van der Waals surface area contributed by atoms with E-state index in [1.807, 2.05) is 0 Å². The molecule has 0 radical (unpaired) electrons. The van der Waals surface area contributed by atoms with E-state index < -0.39 is 16.8 Å². The molecule has 4 nitrogen and oxygen atoms in total. The lowest BCUT2D eigenvalue weighted by atomic mass is 9.33. The Balaban J connectivity index is 1.62. The van der Waals surface area contributed by atoms with Gasteiger partial charge in [-0.25, -0.2) is 0 Å². The standard InChI is InChI=1S/C31H45NO3S/c1-18-10-13-31(26(34)35)15-14-29(6)20(24(31)19(18)2)8-9-23-28(5)16-21(36-17-32)25(33)27(3,4)22(28)11-12-30(23,29)7/h8,18-19,21-24H,9-16H2,1-7H3,(H,34,35)/t18-,19+,21?,22+,23-,24+,28+,29-,30-,31+/m1/s1. The van der Waals surface area contributed by atoms with Crippen molar-refractivity contribution in [2.75, 3.05) is 0 Å². The molecule has 5 rings (SSSR count). The number of carbonyl (C=O) groups is 2. The highest BCUT2D eigenvalue weighted by molar-refractivity contribution is 8.05. The molecule has 198 valence electrons. The van der Waals surface area contributed by atoms with Crippen molar-refractivity contribution in [2.24, 2.45) is 56.7 Å². The van der Waals surface area contributed by atoms with E-state index in [0.29, 0.717) is 23.7 Å². The Bertz CT molecular complexity index is 1060. The predicted molar refractivity (Wildman–Crippen MR) is 144 cm³/mol. The maximum Gasteiger partial charge on any atom is 0.310 e. The number of aliphatic carboxylic acids is 1. The number of allylic oxidation sites excluding steroid dienone is 2. The zero-order valence-corrected chi connectivity index (χ0v) is 24.1. The Morgan fingerprint density at radius 1 is 1.06 bits per heavy atom. The molecule has 0 bridgehead atoms. The molecule has 4 fully saturated rings. The second-order valence-electron chi connectivity index (χ2n) is 14.6. The molecule has 5 heteroatoms. The molecule has 0 aromatic carbocycles. The highest BCUT2D eigenvalue weighted by Gasteiger charge is 2.70. The summed E-state index contributed by atoms with van der Waals surface area (Å²) in [6, 6.07) is 0. The Labute approximate surface area is 222 Å². The molecule has 0 aromatic heterocycles. The number of carboxylic acids is 1. The van der Waals surface area contributed by atoms with Gasteiger partial charge in [0.15, 0.2) is 5.78 Å². The van der Waals surface area contributed by atoms with Crippen molar-refractivity contribution in [1.82, 2.24) is 0 Å². The Morgan fingerprint density at radius 2 is 1.75 bits per heavy atom. The molecule has 0 spiro atoms. The van der Waals surface area contributed by atoms with Gasteiger partial charge < -0.3 is 5.11 Å². The predicted octanol–water partition coefficient (Wildman–Crippen LogP) is 7.49. The van der Waals surface area contributed by atoms with Crippen LogP contribution < -0.4 is 0 Å². The first kappa shape index (κ1) is 26.3. The Hall–Kier alpha value is -1.28. The van der Waals surface area contributed by atoms with Crippen molar-refractivity contribution in [3.63, 3.8) is 0 Å². The van der Waals surface area contributed by atoms with Crippen LogP contribution in [0.5, 0.6) is 0 Å². The molecular weight excluding hydrogens is 466 g/mol. The number of thiocyanates is 1. The average molecular weight is 512 g/mol. The van der Waals surface area contributed by atoms with Gasteiger partial charge in [0, 0.05) is 5.41 Å². The number of ketones is 1. The number of rotatable bonds is 2. The Morgan fingerprint density at radius 3 is 2.39 bits per heavy atom. The second kappa shape index (κ2) is 8.11. The number of fused-ring (bicyclic) bond motifs is 7. The van der Waals surface area contributed by atoms with Crippen LogP contribution in [0.25, 0.3) is 0 Å². The normalized spacial score (nSPS) is 51.5. The first-order valence-electron chi connectivity index (χ1n) is 14.2. The highest BCUT2D eigenvalue weighted by atomic mass is 32.2. The number of hydrogen-bond acceptors (Lipinski definition) is 4. The van der Waals surface area contributed by atoms with E-state index in [9.17, 15) is 20.0 Å². The van der Waals surface area contributed by atoms with Gasteiger partial charge in [-0.15, -0.1) is 0 Å². The zero-order valence-electron chi connectivity index (χ0n) is 23.3. The van der Waals surface area contributed by atoms with Gasteiger partial charge in [-0.1, -0.05) is 60.1 Å². The van der Waals surface area contributed by atoms with Crippen molar-refractivity contribution in [3.8, 4) is 5.40 Å². The van der Waals surface area contributed by atoms with Crippen LogP contribution in [0.2, 0.25) is 0 Å². The molecule has 5 aliphatic rings. The lowest BCUT2D eigenvalue weighted by molar-refractivity contribution is -0.189. The summed E-state index contributed by atoms with van der Waals surface area (Å²) in [6.07, 6.45) is 9.90. The van der Waals surface area contributed by atoms with Gasteiger partial charge in [-0.2, -0.15) is 5.26 Å². The highest BCUT2D eigenvalue weighted by Crippen LogP contribution is 2.75. The van der Waals surface area contributed by atoms with Crippen LogP contribution in [0.4, 0.5) is 0 Å². The average Bonchev–Trinajstić information content (AvgIpc) is 2.80. The third-order valence-corrected chi connectivity index (χ3v) is 14.1. The summed E-state index contributed by atoms with van der Waals surface area (Å²) >= 11 is 1.17. The molecule has 36 heavy (non-hydrogen) atoms.